The highest BCUT2D eigenvalue weighted by Crippen LogP contribution is 2.38. The molecule has 1 saturated carbocycles. The van der Waals surface area contributed by atoms with Gasteiger partial charge < -0.3 is 29.6 Å². The highest BCUT2D eigenvalue weighted by molar-refractivity contribution is 6.00. The lowest BCUT2D eigenvalue weighted by Gasteiger charge is -2.33. The Kier molecular flexibility index (Phi) is 6.64. The van der Waals surface area contributed by atoms with Crippen LogP contribution in [0.25, 0.3) is 55.7 Å². The number of hydrogen-bond acceptors (Lipinski definition) is 8. The molecule has 234 valence electrons. The van der Waals surface area contributed by atoms with Gasteiger partial charge in [0.2, 0.25) is 5.88 Å². The number of likely N-dealkylation sites (tertiary alicyclic amines) is 1. The number of aryl methyl sites for hydroxylation is 1. The molecule has 2 atom stereocenters. The number of aromatic hydroxyl groups is 1. The van der Waals surface area contributed by atoms with Crippen molar-refractivity contribution in [2.24, 2.45) is 18.7 Å². The Morgan fingerprint density at radius 3 is 2.70 bits per heavy atom. The smallest absolute Gasteiger partial charge is 0.254 e. The number of alkyl halides is 1. The van der Waals surface area contributed by atoms with Crippen LogP contribution in [-0.4, -0.2) is 77.4 Å². The van der Waals surface area contributed by atoms with Crippen molar-refractivity contribution in [3.63, 3.8) is 0 Å². The van der Waals surface area contributed by atoms with Gasteiger partial charge in [-0.1, -0.05) is 6.07 Å². The number of halogens is 1. The summed E-state index contributed by atoms with van der Waals surface area (Å²) in [6.07, 6.45) is 2.77. The Hall–Kier alpha value is -5.10. The summed E-state index contributed by atoms with van der Waals surface area (Å²) >= 11 is 0. The van der Waals surface area contributed by atoms with E-state index in [-0.39, 0.29) is 24.8 Å². The van der Waals surface area contributed by atoms with E-state index in [0.29, 0.717) is 40.2 Å². The van der Waals surface area contributed by atoms with Crippen LogP contribution in [-0.2, 0) is 13.6 Å². The van der Waals surface area contributed by atoms with E-state index in [0.717, 1.165) is 58.7 Å². The summed E-state index contributed by atoms with van der Waals surface area (Å²) < 4.78 is 24.3. The second-order valence-electron chi connectivity index (χ2n) is 12.5. The predicted octanol–water partition coefficient (Wildman–Crippen LogP) is 4.84. The lowest BCUT2D eigenvalue weighted by Crippen LogP contribution is -2.50. The van der Waals surface area contributed by atoms with Gasteiger partial charge in [-0.2, -0.15) is 0 Å². The number of imidazole rings is 1. The van der Waals surface area contributed by atoms with Gasteiger partial charge in [0.1, 0.15) is 29.4 Å². The minimum Gasteiger partial charge on any atom is -0.494 e. The fourth-order valence-corrected chi connectivity index (χ4v) is 6.66. The molecule has 4 aromatic heterocycles. The number of rotatable bonds is 6. The van der Waals surface area contributed by atoms with E-state index in [9.17, 15) is 14.3 Å². The zero-order valence-corrected chi connectivity index (χ0v) is 25.5. The molecule has 1 aliphatic carbocycles. The first-order valence-corrected chi connectivity index (χ1v) is 15.5. The van der Waals surface area contributed by atoms with Gasteiger partial charge in [0, 0.05) is 42.7 Å². The van der Waals surface area contributed by atoms with Crippen molar-refractivity contribution in [2.45, 2.75) is 38.0 Å². The third-order valence-electron chi connectivity index (χ3n) is 9.14. The molecule has 2 aliphatic rings. The maximum atomic E-state index is 14.3. The summed E-state index contributed by atoms with van der Waals surface area (Å²) in [6, 6.07) is 14.8. The second kappa shape index (κ2) is 10.8. The monoisotopic (exact) mass is 620 g/mol. The fraction of sp³-hybridized carbons (Fsp3) is 0.324. The van der Waals surface area contributed by atoms with Gasteiger partial charge in [0.15, 0.2) is 5.82 Å². The minimum atomic E-state index is -1.15. The topological polar surface area (TPSA) is 137 Å². The number of pyridine rings is 1. The zero-order valence-electron chi connectivity index (χ0n) is 25.5. The first-order chi connectivity index (χ1) is 22.3. The van der Waals surface area contributed by atoms with Crippen LogP contribution in [0.1, 0.15) is 29.6 Å². The lowest BCUT2D eigenvalue weighted by molar-refractivity contribution is 0.0606. The van der Waals surface area contributed by atoms with Gasteiger partial charge in [0.25, 0.3) is 5.91 Å². The number of benzene rings is 2. The SMILES string of the molecule is COc1cc(C(=O)N2C[C@H](N)C[C@@H](F)C2)cc2nc(-c3cc4ccc(-c5ccc6c(O)ncnc6c5)nc4n3CC3CC3)n(C)c12. The molecular formula is C34H33FN8O3. The molecule has 1 aliphatic heterocycles. The number of ether oxygens (including phenoxy) is 1. The van der Waals surface area contributed by atoms with Gasteiger partial charge >= 0.3 is 0 Å². The Labute approximate surface area is 263 Å². The lowest BCUT2D eigenvalue weighted by atomic mass is 10.0. The molecule has 6 aromatic rings. The molecule has 1 saturated heterocycles. The van der Waals surface area contributed by atoms with Crippen LogP contribution in [0.15, 0.2) is 54.9 Å². The van der Waals surface area contributed by atoms with E-state index in [1.165, 1.54) is 11.2 Å². The number of amides is 1. The maximum absolute atomic E-state index is 14.3. The molecule has 2 fully saturated rings. The van der Waals surface area contributed by atoms with E-state index in [1.54, 1.807) is 19.2 Å². The first kappa shape index (κ1) is 28.4. The number of nitrogens with two attached hydrogens (primary N) is 1. The molecule has 0 unspecified atom stereocenters. The molecule has 0 spiro atoms. The molecule has 46 heavy (non-hydrogen) atoms. The standard InChI is InChI=1S/C34H33FN8O3/c1-41-30-27(10-21(12-29(30)46-2)34(45)42-15-22(35)13-23(36)16-42)40-32(41)28-11-20-6-8-25(39-31(20)43(28)14-18-3-4-18)19-5-7-24-26(9-19)37-17-38-33(24)44/h5-12,17-18,22-23H,3-4,13-16,36H2,1-2H3,(H,37,38,44)/t22-,23-/m1/s1. The number of nitrogens with zero attached hydrogens (tertiary/aromatic N) is 7. The zero-order chi connectivity index (χ0) is 31.7. The molecule has 1 amide bonds. The maximum Gasteiger partial charge on any atom is 0.254 e. The van der Waals surface area contributed by atoms with Crippen molar-refractivity contribution < 1.29 is 19.0 Å². The van der Waals surface area contributed by atoms with Crippen LogP contribution in [0.3, 0.4) is 0 Å². The molecule has 11 nitrogen and oxygen atoms in total. The minimum absolute atomic E-state index is 0.0199. The van der Waals surface area contributed by atoms with Gasteiger partial charge in [-0.25, -0.2) is 24.3 Å². The van der Waals surface area contributed by atoms with Crippen molar-refractivity contribution in [3.05, 3.63) is 60.4 Å². The average molecular weight is 621 g/mol. The van der Waals surface area contributed by atoms with Crippen LogP contribution in [0.2, 0.25) is 0 Å². The van der Waals surface area contributed by atoms with Crippen molar-refractivity contribution in [1.29, 1.82) is 0 Å². The quantitative estimate of drug-likeness (QED) is 0.270. The summed E-state index contributed by atoms with van der Waals surface area (Å²) in [4.78, 5) is 33.3. The summed E-state index contributed by atoms with van der Waals surface area (Å²) in [6.45, 7) is 1.13. The number of carbonyl (C=O) groups is 1. The summed E-state index contributed by atoms with van der Waals surface area (Å²) in [7, 11) is 3.51. The van der Waals surface area contributed by atoms with E-state index in [1.807, 2.05) is 35.9 Å². The molecule has 12 heteroatoms. The molecule has 0 radical (unpaired) electrons. The number of aromatic nitrogens is 6. The van der Waals surface area contributed by atoms with Gasteiger partial charge in [-0.3, -0.25) is 4.79 Å². The molecule has 8 rings (SSSR count). The predicted molar refractivity (Wildman–Crippen MR) is 172 cm³/mol. The van der Waals surface area contributed by atoms with E-state index >= 15 is 0 Å². The highest BCUT2D eigenvalue weighted by Gasteiger charge is 2.30. The van der Waals surface area contributed by atoms with Crippen molar-refractivity contribution >= 4 is 38.9 Å². The number of carbonyl (C=O) groups excluding carboxylic acids is 1. The van der Waals surface area contributed by atoms with Gasteiger partial charge in [-0.05, 0) is 67.6 Å². The van der Waals surface area contributed by atoms with Crippen LogP contribution in [0, 0.1) is 5.92 Å². The third-order valence-corrected chi connectivity index (χ3v) is 9.14. The summed E-state index contributed by atoms with van der Waals surface area (Å²) in [5, 5.41) is 11.7. The Balaban J connectivity index is 1.23. The molecular weight excluding hydrogens is 587 g/mol. The second-order valence-corrected chi connectivity index (χ2v) is 12.5. The van der Waals surface area contributed by atoms with Crippen LogP contribution < -0.4 is 10.5 Å². The normalized spacial score (nSPS) is 18.6. The Morgan fingerprint density at radius 1 is 1.07 bits per heavy atom. The van der Waals surface area contributed by atoms with Crippen molar-refractivity contribution in [1.82, 2.24) is 34.0 Å². The number of methoxy groups -OCH3 is 1. The molecule has 5 heterocycles. The van der Waals surface area contributed by atoms with Crippen molar-refractivity contribution in [3.8, 4) is 34.4 Å². The third kappa shape index (κ3) is 4.80. The van der Waals surface area contributed by atoms with Crippen LogP contribution in [0.5, 0.6) is 11.6 Å². The summed E-state index contributed by atoms with van der Waals surface area (Å²) in [5.41, 5.74) is 11.8. The Morgan fingerprint density at radius 2 is 1.91 bits per heavy atom. The number of hydrogen-bond donors (Lipinski definition) is 2. The molecule has 3 N–H and O–H groups in total. The van der Waals surface area contributed by atoms with Gasteiger partial charge in [-0.15, -0.1) is 0 Å². The van der Waals surface area contributed by atoms with Crippen LogP contribution >= 0.6 is 0 Å². The van der Waals surface area contributed by atoms with E-state index in [4.69, 9.17) is 20.4 Å². The largest absolute Gasteiger partial charge is 0.494 e. The van der Waals surface area contributed by atoms with Crippen molar-refractivity contribution in [2.75, 3.05) is 20.2 Å². The van der Waals surface area contributed by atoms with Gasteiger partial charge in [0.05, 0.1) is 41.5 Å². The number of piperidine rings is 1. The Bertz CT molecular complexity index is 2160. The summed E-state index contributed by atoms with van der Waals surface area (Å²) in [5.74, 6) is 1.45. The highest BCUT2D eigenvalue weighted by atomic mass is 19.1. The number of fused-ring (bicyclic) bond motifs is 3. The molecule has 0 bridgehead atoms. The van der Waals surface area contributed by atoms with E-state index in [2.05, 4.69) is 26.7 Å². The molecule has 2 aromatic carbocycles. The average Bonchev–Trinajstić information content (AvgIpc) is 3.72. The van der Waals surface area contributed by atoms with E-state index < -0.39 is 12.2 Å². The fourth-order valence-electron chi connectivity index (χ4n) is 6.66. The first-order valence-electron chi connectivity index (χ1n) is 15.5. The van der Waals surface area contributed by atoms with Crippen LogP contribution in [0.4, 0.5) is 4.39 Å².